The zero-order chi connectivity index (χ0) is 18.5. The Labute approximate surface area is 159 Å². The van der Waals surface area contributed by atoms with Crippen LogP contribution < -0.4 is 5.32 Å². The lowest BCUT2D eigenvalue weighted by Gasteiger charge is -2.10. The molecule has 0 aliphatic rings. The minimum Gasteiger partial charge on any atom is -0.384 e. The Kier molecular flexibility index (Phi) is 4.97. The van der Waals surface area contributed by atoms with E-state index in [-0.39, 0.29) is 5.78 Å². The van der Waals surface area contributed by atoms with Gasteiger partial charge in [0.2, 0.25) is 0 Å². The fourth-order valence-corrected chi connectivity index (χ4v) is 3.31. The molecular weight excluding hydrogens is 330 g/mol. The lowest BCUT2D eigenvalue weighted by Crippen LogP contribution is -2.09. The van der Waals surface area contributed by atoms with Gasteiger partial charge in [-0.25, -0.2) is 0 Å². The number of carbonyl (C=O) groups is 1. The van der Waals surface area contributed by atoms with Crippen molar-refractivity contribution in [2.24, 2.45) is 0 Å². The van der Waals surface area contributed by atoms with Crippen LogP contribution in [-0.4, -0.2) is 12.3 Å². The smallest absolute Gasteiger partial charge is 0.164 e. The average molecular weight is 351 g/mol. The molecular formula is C25H21NO. The molecule has 4 aromatic carbocycles. The second-order valence-corrected chi connectivity index (χ2v) is 6.57. The fraction of sp³-hybridized carbons (Fsp3) is 0.0800. The Morgan fingerprint density at radius 3 is 2.15 bits per heavy atom. The van der Waals surface area contributed by atoms with Gasteiger partial charge in [-0.2, -0.15) is 0 Å². The minimum absolute atomic E-state index is 0.155. The molecule has 0 fully saturated rings. The molecule has 1 N–H and O–H groups in total. The van der Waals surface area contributed by atoms with Gasteiger partial charge in [-0.05, 0) is 22.6 Å². The maximum absolute atomic E-state index is 12.5. The van der Waals surface area contributed by atoms with Gasteiger partial charge in [0.25, 0.3) is 0 Å². The zero-order valence-electron chi connectivity index (χ0n) is 15.1. The van der Waals surface area contributed by atoms with Crippen LogP contribution in [0.2, 0.25) is 0 Å². The van der Waals surface area contributed by atoms with Gasteiger partial charge in [-0.3, -0.25) is 4.79 Å². The van der Waals surface area contributed by atoms with E-state index in [0.29, 0.717) is 13.0 Å². The summed E-state index contributed by atoms with van der Waals surface area (Å²) in [6.45, 7) is 0.618. The van der Waals surface area contributed by atoms with Crippen LogP contribution in [0.1, 0.15) is 16.8 Å². The second-order valence-electron chi connectivity index (χ2n) is 6.57. The van der Waals surface area contributed by atoms with E-state index < -0.39 is 0 Å². The van der Waals surface area contributed by atoms with Crippen LogP contribution in [0, 0.1) is 0 Å². The van der Waals surface area contributed by atoms with E-state index in [0.717, 1.165) is 22.4 Å². The third-order valence-electron chi connectivity index (χ3n) is 4.77. The molecule has 0 aromatic heterocycles. The van der Waals surface area contributed by atoms with Crippen molar-refractivity contribution in [1.29, 1.82) is 0 Å². The van der Waals surface area contributed by atoms with Crippen LogP contribution in [0.5, 0.6) is 0 Å². The summed E-state index contributed by atoms with van der Waals surface area (Å²) < 4.78 is 0. The molecule has 2 heteroatoms. The normalized spacial score (nSPS) is 10.7. The number of hydrogen-bond donors (Lipinski definition) is 1. The Hall–Kier alpha value is -3.39. The summed E-state index contributed by atoms with van der Waals surface area (Å²) in [5, 5.41) is 5.78. The molecule has 0 saturated heterocycles. The molecule has 0 spiro atoms. The van der Waals surface area contributed by atoms with E-state index in [1.165, 1.54) is 10.8 Å². The van der Waals surface area contributed by atoms with E-state index in [9.17, 15) is 4.79 Å². The summed E-state index contributed by atoms with van der Waals surface area (Å²) in [6.07, 6.45) is 0.466. The maximum Gasteiger partial charge on any atom is 0.164 e. The van der Waals surface area contributed by atoms with E-state index in [1.807, 2.05) is 60.7 Å². The van der Waals surface area contributed by atoms with Gasteiger partial charge in [0, 0.05) is 29.6 Å². The van der Waals surface area contributed by atoms with Gasteiger partial charge < -0.3 is 5.32 Å². The van der Waals surface area contributed by atoms with Gasteiger partial charge in [0.05, 0.1) is 0 Å². The van der Waals surface area contributed by atoms with Crippen molar-refractivity contribution in [3.8, 4) is 11.1 Å². The molecule has 0 aliphatic heterocycles. The molecule has 0 bridgehead atoms. The van der Waals surface area contributed by atoms with Crippen LogP contribution in [0.25, 0.3) is 21.9 Å². The Morgan fingerprint density at radius 1 is 0.667 bits per heavy atom. The van der Waals surface area contributed by atoms with E-state index in [2.05, 4.69) is 41.7 Å². The molecule has 0 unspecified atom stereocenters. The third-order valence-corrected chi connectivity index (χ3v) is 4.77. The fourth-order valence-electron chi connectivity index (χ4n) is 3.31. The predicted molar refractivity (Wildman–Crippen MR) is 113 cm³/mol. The van der Waals surface area contributed by atoms with Crippen LogP contribution in [0.3, 0.4) is 0 Å². The predicted octanol–water partition coefficient (Wildman–Crippen LogP) is 6.19. The number of anilines is 1. The molecule has 0 heterocycles. The number of hydrogen-bond acceptors (Lipinski definition) is 2. The molecule has 0 aliphatic carbocycles. The first-order valence-corrected chi connectivity index (χ1v) is 9.21. The third kappa shape index (κ3) is 3.90. The van der Waals surface area contributed by atoms with Crippen molar-refractivity contribution in [2.45, 2.75) is 6.42 Å². The van der Waals surface area contributed by atoms with Crippen molar-refractivity contribution in [2.75, 3.05) is 11.9 Å². The first kappa shape index (κ1) is 17.0. The lowest BCUT2D eigenvalue weighted by molar-refractivity contribution is 0.0986. The standard InChI is InChI=1S/C25H21NO/c27-25(22-15-13-20(14-16-22)19-7-2-1-3-8-19)17-18-26-24-12-6-10-21-9-4-5-11-23(21)24/h1-16,26H,17-18H2. The van der Waals surface area contributed by atoms with Gasteiger partial charge in [-0.1, -0.05) is 91.0 Å². The number of benzene rings is 4. The molecule has 4 rings (SSSR count). The topological polar surface area (TPSA) is 29.1 Å². The first-order valence-electron chi connectivity index (χ1n) is 9.21. The Balaban J connectivity index is 1.39. The number of fused-ring (bicyclic) bond motifs is 1. The largest absolute Gasteiger partial charge is 0.384 e. The van der Waals surface area contributed by atoms with E-state index in [4.69, 9.17) is 0 Å². The molecule has 27 heavy (non-hydrogen) atoms. The van der Waals surface area contributed by atoms with Gasteiger partial charge in [0.15, 0.2) is 5.78 Å². The molecule has 0 saturated carbocycles. The van der Waals surface area contributed by atoms with Crippen molar-refractivity contribution >= 4 is 22.2 Å². The molecule has 0 atom stereocenters. The Morgan fingerprint density at radius 2 is 1.33 bits per heavy atom. The van der Waals surface area contributed by atoms with Crippen LogP contribution in [-0.2, 0) is 0 Å². The van der Waals surface area contributed by atoms with Crippen LogP contribution in [0.4, 0.5) is 5.69 Å². The SMILES string of the molecule is O=C(CCNc1cccc2ccccc12)c1ccc(-c2ccccc2)cc1. The van der Waals surface area contributed by atoms with Crippen molar-refractivity contribution in [1.82, 2.24) is 0 Å². The summed E-state index contributed by atoms with van der Waals surface area (Å²) in [7, 11) is 0. The highest BCUT2D eigenvalue weighted by Gasteiger charge is 2.07. The van der Waals surface area contributed by atoms with Gasteiger partial charge >= 0.3 is 0 Å². The summed E-state index contributed by atoms with van der Waals surface area (Å²) >= 11 is 0. The second kappa shape index (κ2) is 7.88. The van der Waals surface area contributed by atoms with Gasteiger partial charge in [-0.15, -0.1) is 0 Å². The summed E-state index contributed by atoms with van der Waals surface area (Å²) in [5.74, 6) is 0.155. The molecule has 0 amide bonds. The maximum atomic E-state index is 12.5. The number of ketones is 1. The number of nitrogens with one attached hydrogen (secondary N) is 1. The molecule has 132 valence electrons. The van der Waals surface area contributed by atoms with Crippen LogP contribution >= 0.6 is 0 Å². The minimum atomic E-state index is 0.155. The molecule has 4 aromatic rings. The van der Waals surface area contributed by atoms with Gasteiger partial charge in [0.1, 0.15) is 0 Å². The summed E-state index contributed by atoms with van der Waals surface area (Å²) in [4.78, 5) is 12.5. The monoisotopic (exact) mass is 351 g/mol. The lowest BCUT2D eigenvalue weighted by atomic mass is 10.0. The number of carbonyl (C=O) groups excluding carboxylic acids is 1. The number of rotatable bonds is 6. The van der Waals surface area contributed by atoms with E-state index >= 15 is 0 Å². The highest BCUT2D eigenvalue weighted by atomic mass is 16.1. The highest BCUT2D eigenvalue weighted by molar-refractivity contribution is 5.97. The molecule has 2 nitrogen and oxygen atoms in total. The highest BCUT2D eigenvalue weighted by Crippen LogP contribution is 2.23. The van der Waals surface area contributed by atoms with Crippen molar-refractivity contribution < 1.29 is 4.79 Å². The average Bonchev–Trinajstić information content (AvgIpc) is 2.74. The van der Waals surface area contributed by atoms with Crippen LogP contribution in [0.15, 0.2) is 97.1 Å². The molecule has 0 radical (unpaired) electrons. The Bertz CT molecular complexity index is 1050. The zero-order valence-corrected chi connectivity index (χ0v) is 15.1. The number of Topliss-reactive ketones (excluding diaryl/α,β-unsaturated/α-hetero) is 1. The summed E-state index contributed by atoms with van der Waals surface area (Å²) in [6, 6.07) is 32.5. The van der Waals surface area contributed by atoms with Crippen molar-refractivity contribution in [3.63, 3.8) is 0 Å². The van der Waals surface area contributed by atoms with E-state index in [1.54, 1.807) is 0 Å². The first-order chi connectivity index (χ1) is 13.3. The van der Waals surface area contributed by atoms with Crippen molar-refractivity contribution in [3.05, 3.63) is 103 Å². The summed E-state index contributed by atoms with van der Waals surface area (Å²) in [5.41, 5.74) is 4.12. The quantitative estimate of drug-likeness (QED) is 0.420.